The molecule has 0 radical (unpaired) electrons. The maximum absolute atomic E-state index is 12.7. The lowest BCUT2D eigenvalue weighted by atomic mass is 10.0. The van der Waals surface area contributed by atoms with Gasteiger partial charge < -0.3 is 19.7 Å². The van der Waals surface area contributed by atoms with Gasteiger partial charge in [0.25, 0.3) is 11.5 Å². The number of aryl methyl sites for hydroxylation is 1. The third-order valence-electron chi connectivity index (χ3n) is 5.00. The van der Waals surface area contributed by atoms with Crippen molar-refractivity contribution in [2.75, 3.05) is 32.2 Å². The number of hydrogen-bond acceptors (Lipinski definition) is 6. The zero-order valence-electron chi connectivity index (χ0n) is 16.5. The molecule has 1 N–H and O–H groups in total. The second-order valence-corrected chi connectivity index (χ2v) is 6.64. The quantitative estimate of drug-likeness (QED) is 0.813. The highest BCUT2D eigenvalue weighted by Gasteiger charge is 2.24. The predicted octanol–water partition coefficient (Wildman–Crippen LogP) is 1.68. The standard InChI is InChI=1S/C20H26N4O4/c1-4-24-18(25)12-15(13-21-24)23-10-8-14(9-11-23)22-20(26)16-6-5-7-17(27-2)19(16)28-3/h5-7,12-14H,4,8-11H2,1-3H3,(H,22,26). The van der Waals surface area contributed by atoms with E-state index in [9.17, 15) is 9.59 Å². The number of para-hydroxylation sites is 1. The minimum Gasteiger partial charge on any atom is -0.493 e. The molecule has 8 nitrogen and oxygen atoms in total. The van der Waals surface area contributed by atoms with Gasteiger partial charge in [0.1, 0.15) is 0 Å². The number of nitrogens with zero attached hydrogens (tertiary/aromatic N) is 3. The molecule has 28 heavy (non-hydrogen) atoms. The molecule has 0 bridgehead atoms. The molecule has 2 heterocycles. The number of carbonyl (C=O) groups excluding carboxylic acids is 1. The fraction of sp³-hybridized carbons (Fsp3) is 0.450. The van der Waals surface area contributed by atoms with E-state index in [4.69, 9.17) is 9.47 Å². The number of aromatic nitrogens is 2. The van der Waals surface area contributed by atoms with Crippen LogP contribution in [-0.4, -0.2) is 49.0 Å². The lowest BCUT2D eigenvalue weighted by molar-refractivity contribution is 0.0927. The summed E-state index contributed by atoms with van der Waals surface area (Å²) in [5.74, 6) is 0.781. The molecule has 150 valence electrons. The molecule has 1 amide bonds. The number of nitrogens with one attached hydrogen (secondary N) is 1. The minimum absolute atomic E-state index is 0.0589. The predicted molar refractivity (Wildman–Crippen MR) is 106 cm³/mol. The van der Waals surface area contributed by atoms with Gasteiger partial charge in [0.15, 0.2) is 11.5 Å². The van der Waals surface area contributed by atoms with E-state index in [-0.39, 0.29) is 17.5 Å². The summed E-state index contributed by atoms with van der Waals surface area (Å²) in [5.41, 5.74) is 1.19. The highest BCUT2D eigenvalue weighted by Crippen LogP contribution is 2.30. The molecule has 1 aliphatic heterocycles. The molecular weight excluding hydrogens is 360 g/mol. The summed E-state index contributed by atoms with van der Waals surface area (Å²) in [5, 5.41) is 7.26. The molecule has 0 saturated carbocycles. The van der Waals surface area contributed by atoms with Crippen LogP contribution in [0.3, 0.4) is 0 Å². The number of ether oxygens (including phenoxy) is 2. The molecule has 1 fully saturated rings. The second-order valence-electron chi connectivity index (χ2n) is 6.64. The smallest absolute Gasteiger partial charge is 0.268 e. The topological polar surface area (TPSA) is 85.7 Å². The highest BCUT2D eigenvalue weighted by molar-refractivity contribution is 5.98. The lowest BCUT2D eigenvalue weighted by Crippen LogP contribution is -2.45. The van der Waals surface area contributed by atoms with Crippen molar-refractivity contribution in [3.63, 3.8) is 0 Å². The van der Waals surface area contributed by atoms with Crippen molar-refractivity contribution in [2.24, 2.45) is 0 Å². The average Bonchev–Trinajstić information content (AvgIpc) is 2.73. The van der Waals surface area contributed by atoms with E-state index in [0.29, 0.717) is 23.6 Å². The van der Waals surface area contributed by atoms with Crippen molar-refractivity contribution in [1.29, 1.82) is 0 Å². The van der Waals surface area contributed by atoms with Crippen molar-refractivity contribution in [3.05, 3.63) is 46.4 Å². The summed E-state index contributed by atoms with van der Waals surface area (Å²) in [4.78, 5) is 26.8. The molecule has 1 aromatic carbocycles. The first kappa shape index (κ1) is 19.7. The van der Waals surface area contributed by atoms with Crippen LogP contribution in [0.5, 0.6) is 11.5 Å². The maximum atomic E-state index is 12.7. The molecule has 0 spiro atoms. The SMILES string of the molecule is CCn1ncc(N2CCC(NC(=O)c3cccc(OC)c3OC)CC2)cc1=O. The van der Waals surface area contributed by atoms with Gasteiger partial charge in [-0.05, 0) is 31.9 Å². The van der Waals surface area contributed by atoms with Crippen molar-refractivity contribution >= 4 is 11.6 Å². The monoisotopic (exact) mass is 386 g/mol. The summed E-state index contributed by atoms with van der Waals surface area (Å²) < 4.78 is 12.0. The van der Waals surface area contributed by atoms with Crippen molar-refractivity contribution in [2.45, 2.75) is 32.4 Å². The van der Waals surface area contributed by atoms with Gasteiger partial charge in [-0.2, -0.15) is 5.10 Å². The molecule has 0 unspecified atom stereocenters. The Morgan fingerprint density at radius 1 is 1.25 bits per heavy atom. The van der Waals surface area contributed by atoms with Crippen LogP contribution in [0.4, 0.5) is 5.69 Å². The van der Waals surface area contributed by atoms with Gasteiger partial charge in [-0.1, -0.05) is 6.07 Å². The Kier molecular flexibility index (Phi) is 6.18. The lowest BCUT2D eigenvalue weighted by Gasteiger charge is -2.33. The third kappa shape index (κ3) is 4.11. The Morgan fingerprint density at radius 3 is 2.61 bits per heavy atom. The van der Waals surface area contributed by atoms with E-state index >= 15 is 0 Å². The van der Waals surface area contributed by atoms with Crippen molar-refractivity contribution < 1.29 is 14.3 Å². The summed E-state index contributed by atoms with van der Waals surface area (Å²) in [6, 6.07) is 6.93. The molecule has 2 aromatic rings. The average molecular weight is 386 g/mol. The van der Waals surface area contributed by atoms with Crippen molar-refractivity contribution in [3.8, 4) is 11.5 Å². The summed E-state index contributed by atoms with van der Waals surface area (Å²) in [6.07, 6.45) is 3.30. The number of rotatable bonds is 6. The molecule has 1 saturated heterocycles. The third-order valence-corrected chi connectivity index (χ3v) is 5.00. The Bertz CT molecular complexity index is 888. The summed E-state index contributed by atoms with van der Waals surface area (Å²) >= 11 is 0. The molecule has 0 atom stereocenters. The van der Waals surface area contributed by atoms with Gasteiger partial charge in [-0.15, -0.1) is 0 Å². The number of hydrogen-bond donors (Lipinski definition) is 1. The number of anilines is 1. The Hall–Kier alpha value is -3.03. The Morgan fingerprint density at radius 2 is 2.00 bits per heavy atom. The zero-order chi connectivity index (χ0) is 20.1. The van der Waals surface area contributed by atoms with Crippen LogP contribution in [0.15, 0.2) is 35.3 Å². The van der Waals surface area contributed by atoms with Crippen LogP contribution in [0.1, 0.15) is 30.1 Å². The summed E-state index contributed by atoms with van der Waals surface area (Å²) in [7, 11) is 3.07. The fourth-order valence-corrected chi connectivity index (χ4v) is 3.45. The fourth-order valence-electron chi connectivity index (χ4n) is 3.45. The zero-order valence-corrected chi connectivity index (χ0v) is 16.5. The van der Waals surface area contributed by atoms with Crippen LogP contribution in [0, 0.1) is 0 Å². The van der Waals surface area contributed by atoms with E-state index in [1.165, 1.54) is 11.8 Å². The van der Waals surface area contributed by atoms with Crippen LogP contribution in [0.25, 0.3) is 0 Å². The first-order chi connectivity index (χ1) is 13.6. The number of carbonyl (C=O) groups is 1. The van der Waals surface area contributed by atoms with Gasteiger partial charge in [-0.25, -0.2) is 4.68 Å². The highest BCUT2D eigenvalue weighted by atomic mass is 16.5. The first-order valence-corrected chi connectivity index (χ1v) is 9.41. The number of piperidine rings is 1. The van der Waals surface area contributed by atoms with Gasteiger partial charge in [0.05, 0.1) is 31.7 Å². The van der Waals surface area contributed by atoms with Gasteiger partial charge in [-0.3, -0.25) is 9.59 Å². The molecule has 3 rings (SSSR count). The Balaban J connectivity index is 1.62. The van der Waals surface area contributed by atoms with Gasteiger partial charge in [0, 0.05) is 31.7 Å². The molecule has 8 heteroatoms. The number of amides is 1. The van der Waals surface area contributed by atoms with Crippen molar-refractivity contribution in [1.82, 2.24) is 15.1 Å². The van der Waals surface area contributed by atoms with Gasteiger partial charge >= 0.3 is 0 Å². The van der Waals surface area contributed by atoms with Crippen LogP contribution >= 0.6 is 0 Å². The Labute approximate surface area is 164 Å². The van der Waals surface area contributed by atoms with Crippen LogP contribution in [0.2, 0.25) is 0 Å². The summed E-state index contributed by atoms with van der Waals surface area (Å²) in [6.45, 7) is 3.94. The second kappa shape index (κ2) is 8.77. The van der Waals surface area contributed by atoms with Crippen LogP contribution in [-0.2, 0) is 6.54 Å². The van der Waals surface area contributed by atoms with Gasteiger partial charge in [0.2, 0.25) is 0 Å². The maximum Gasteiger partial charge on any atom is 0.268 e. The normalized spacial score (nSPS) is 14.6. The molecule has 1 aromatic heterocycles. The molecule has 1 aliphatic rings. The molecule has 0 aliphatic carbocycles. The number of methoxy groups -OCH3 is 2. The number of benzene rings is 1. The minimum atomic E-state index is -0.179. The van der Waals surface area contributed by atoms with E-state index < -0.39 is 0 Å². The largest absolute Gasteiger partial charge is 0.493 e. The van der Waals surface area contributed by atoms with Crippen LogP contribution < -0.4 is 25.2 Å². The van der Waals surface area contributed by atoms with E-state index in [2.05, 4.69) is 15.3 Å². The van der Waals surface area contributed by atoms with E-state index in [1.807, 2.05) is 6.92 Å². The van der Waals surface area contributed by atoms with E-state index in [0.717, 1.165) is 31.6 Å². The first-order valence-electron chi connectivity index (χ1n) is 9.41. The molecular formula is C20H26N4O4. The van der Waals surface area contributed by atoms with E-state index in [1.54, 1.807) is 37.6 Å².